The fraction of sp³-hybridized carbons (Fsp3) is 0.167. The van der Waals surface area contributed by atoms with Crippen LogP contribution in [0.25, 0.3) is 10.9 Å². The number of para-hydroxylation sites is 1. The first-order chi connectivity index (χ1) is 8.15. The summed E-state index contributed by atoms with van der Waals surface area (Å²) >= 11 is 0. The summed E-state index contributed by atoms with van der Waals surface area (Å²) < 4.78 is 4.45. The zero-order chi connectivity index (χ0) is 12.4. The summed E-state index contributed by atoms with van der Waals surface area (Å²) in [6.07, 6.45) is 1.55. The third-order valence-corrected chi connectivity index (χ3v) is 2.59. The molecule has 1 heterocycles. The Morgan fingerprint density at radius 2 is 2.06 bits per heavy atom. The van der Waals surface area contributed by atoms with Gasteiger partial charge in [-0.3, -0.25) is 4.79 Å². The van der Waals surface area contributed by atoms with Crippen molar-refractivity contribution in [1.29, 1.82) is 0 Å². The van der Waals surface area contributed by atoms with E-state index in [4.69, 9.17) is 5.73 Å². The van der Waals surface area contributed by atoms with Crippen molar-refractivity contribution in [2.45, 2.75) is 6.04 Å². The van der Waals surface area contributed by atoms with Crippen molar-refractivity contribution >= 4 is 22.7 Å². The molecule has 3 N–H and O–H groups in total. The summed E-state index contributed by atoms with van der Waals surface area (Å²) in [6.45, 7) is 0. The van der Waals surface area contributed by atoms with E-state index in [1.165, 1.54) is 7.11 Å². The van der Waals surface area contributed by atoms with Crippen LogP contribution in [0.4, 0.5) is 0 Å². The monoisotopic (exact) mass is 232 g/mol. The highest BCUT2D eigenvalue weighted by molar-refractivity contribution is 6.17. The molecular formula is C12H12N2O3. The zero-order valence-corrected chi connectivity index (χ0v) is 9.27. The van der Waals surface area contributed by atoms with Crippen LogP contribution in [-0.2, 0) is 9.53 Å². The van der Waals surface area contributed by atoms with Crippen LogP contribution in [0.3, 0.4) is 0 Å². The van der Waals surface area contributed by atoms with Gasteiger partial charge >= 0.3 is 5.97 Å². The maximum atomic E-state index is 12.0. The third kappa shape index (κ3) is 1.92. The zero-order valence-electron chi connectivity index (χ0n) is 9.27. The number of nitrogens with two attached hydrogens (primary N) is 1. The number of aromatic nitrogens is 1. The molecule has 5 heteroatoms. The van der Waals surface area contributed by atoms with Gasteiger partial charge in [0.05, 0.1) is 7.11 Å². The average molecular weight is 232 g/mol. The van der Waals surface area contributed by atoms with E-state index >= 15 is 0 Å². The fourth-order valence-electron chi connectivity index (χ4n) is 1.68. The summed E-state index contributed by atoms with van der Waals surface area (Å²) in [5.41, 5.74) is 6.74. The number of Topliss-reactive ketones (excluding diaryl/α,β-unsaturated/α-hetero) is 1. The molecule has 0 aliphatic carbocycles. The first-order valence-corrected chi connectivity index (χ1v) is 5.09. The Balaban J connectivity index is 2.40. The number of nitrogens with one attached hydrogen (secondary N) is 1. The Labute approximate surface area is 97.6 Å². The predicted molar refractivity (Wildman–Crippen MR) is 62.6 cm³/mol. The SMILES string of the molecule is COC(=O)[C@@H](N)C(=O)c1c[nH]c2ccccc12. The number of carbonyl (C=O) groups excluding carboxylic acids is 2. The lowest BCUT2D eigenvalue weighted by Crippen LogP contribution is -2.39. The summed E-state index contributed by atoms with van der Waals surface area (Å²) in [5, 5.41) is 0.747. The summed E-state index contributed by atoms with van der Waals surface area (Å²) in [7, 11) is 1.20. The van der Waals surface area contributed by atoms with Crippen molar-refractivity contribution in [1.82, 2.24) is 4.98 Å². The van der Waals surface area contributed by atoms with Gasteiger partial charge in [0.1, 0.15) is 0 Å². The number of methoxy groups -OCH3 is 1. The van der Waals surface area contributed by atoms with Gasteiger partial charge in [0.2, 0.25) is 0 Å². The molecule has 0 amide bonds. The van der Waals surface area contributed by atoms with Crippen molar-refractivity contribution in [3.8, 4) is 0 Å². The van der Waals surface area contributed by atoms with E-state index < -0.39 is 17.8 Å². The molecule has 1 aromatic carbocycles. The Morgan fingerprint density at radius 1 is 1.35 bits per heavy atom. The van der Waals surface area contributed by atoms with Crippen LogP contribution in [0.2, 0.25) is 0 Å². The van der Waals surface area contributed by atoms with Gasteiger partial charge in [-0.15, -0.1) is 0 Å². The van der Waals surface area contributed by atoms with E-state index in [1.54, 1.807) is 12.3 Å². The topological polar surface area (TPSA) is 85.2 Å². The van der Waals surface area contributed by atoms with Crippen LogP contribution in [0.15, 0.2) is 30.5 Å². The minimum absolute atomic E-state index is 0.401. The largest absolute Gasteiger partial charge is 0.468 e. The molecular weight excluding hydrogens is 220 g/mol. The Hall–Kier alpha value is -2.14. The maximum absolute atomic E-state index is 12.0. The molecule has 1 aromatic heterocycles. The highest BCUT2D eigenvalue weighted by atomic mass is 16.5. The van der Waals surface area contributed by atoms with E-state index in [0.717, 1.165) is 10.9 Å². The number of hydrogen-bond acceptors (Lipinski definition) is 4. The maximum Gasteiger partial charge on any atom is 0.330 e. The van der Waals surface area contributed by atoms with Crippen LogP contribution < -0.4 is 5.73 Å². The normalized spacial score (nSPS) is 12.4. The molecule has 17 heavy (non-hydrogen) atoms. The van der Waals surface area contributed by atoms with Gasteiger partial charge in [0.15, 0.2) is 11.8 Å². The molecule has 2 rings (SSSR count). The Kier molecular flexibility index (Phi) is 2.93. The van der Waals surface area contributed by atoms with Gasteiger partial charge in [-0.25, -0.2) is 4.79 Å². The first-order valence-electron chi connectivity index (χ1n) is 5.09. The van der Waals surface area contributed by atoms with Gasteiger partial charge in [-0.05, 0) is 6.07 Å². The van der Waals surface area contributed by atoms with Crippen molar-refractivity contribution in [3.63, 3.8) is 0 Å². The van der Waals surface area contributed by atoms with E-state index in [1.807, 2.05) is 18.2 Å². The lowest BCUT2D eigenvalue weighted by molar-refractivity contribution is -0.140. The average Bonchev–Trinajstić information content (AvgIpc) is 2.79. The first kappa shape index (κ1) is 11.3. The number of carbonyl (C=O) groups is 2. The van der Waals surface area contributed by atoms with Gasteiger partial charge in [0, 0.05) is 22.7 Å². The molecule has 0 aliphatic heterocycles. The van der Waals surface area contributed by atoms with E-state index in [9.17, 15) is 9.59 Å². The van der Waals surface area contributed by atoms with Crippen LogP contribution in [0, 0.1) is 0 Å². The summed E-state index contributed by atoms with van der Waals surface area (Å²) in [4.78, 5) is 26.1. The molecule has 0 spiro atoms. The predicted octanol–water partition coefficient (Wildman–Crippen LogP) is 0.851. The molecule has 0 saturated carbocycles. The van der Waals surface area contributed by atoms with Crippen LogP contribution in [-0.4, -0.2) is 29.9 Å². The van der Waals surface area contributed by atoms with Gasteiger partial charge < -0.3 is 15.5 Å². The second kappa shape index (κ2) is 4.39. The van der Waals surface area contributed by atoms with E-state index in [-0.39, 0.29) is 0 Å². The number of benzene rings is 1. The number of fused-ring (bicyclic) bond motifs is 1. The number of esters is 1. The Morgan fingerprint density at radius 3 is 2.76 bits per heavy atom. The highest BCUT2D eigenvalue weighted by Crippen LogP contribution is 2.18. The van der Waals surface area contributed by atoms with Gasteiger partial charge in [-0.2, -0.15) is 0 Å². The minimum atomic E-state index is -1.28. The molecule has 0 unspecified atom stereocenters. The molecule has 0 radical (unpaired) electrons. The Bertz CT molecular complexity index is 574. The molecule has 88 valence electrons. The quantitative estimate of drug-likeness (QED) is 0.466. The molecule has 5 nitrogen and oxygen atoms in total. The highest BCUT2D eigenvalue weighted by Gasteiger charge is 2.25. The fourth-order valence-corrected chi connectivity index (χ4v) is 1.68. The standard InChI is InChI=1S/C12H12N2O3/c1-17-12(16)10(13)11(15)8-6-14-9-5-3-2-4-7(8)9/h2-6,10,14H,13H2,1H3/t10-/m0/s1. The summed E-state index contributed by atoms with van der Waals surface area (Å²) in [5.74, 6) is -1.19. The lowest BCUT2D eigenvalue weighted by atomic mass is 10.0. The van der Waals surface area contributed by atoms with Crippen molar-refractivity contribution < 1.29 is 14.3 Å². The number of rotatable bonds is 3. The minimum Gasteiger partial charge on any atom is -0.468 e. The second-order valence-electron chi connectivity index (χ2n) is 3.61. The second-order valence-corrected chi connectivity index (χ2v) is 3.61. The number of ketones is 1. The van der Waals surface area contributed by atoms with E-state index in [0.29, 0.717) is 5.56 Å². The molecule has 0 aliphatic rings. The van der Waals surface area contributed by atoms with Crippen LogP contribution >= 0.6 is 0 Å². The molecule has 0 saturated heterocycles. The lowest BCUT2D eigenvalue weighted by Gasteiger charge is -2.06. The molecule has 2 aromatic rings. The van der Waals surface area contributed by atoms with Crippen molar-refractivity contribution in [2.75, 3.05) is 7.11 Å². The van der Waals surface area contributed by atoms with E-state index in [2.05, 4.69) is 9.72 Å². The van der Waals surface area contributed by atoms with Crippen molar-refractivity contribution in [3.05, 3.63) is 36.0 Å². The van der Waals surface area contributed by atoms with Gasteiger partial charge in [-0.1, -0.05) is 18.2 Å². The number of aromatic amines is 1. The smallest absolute Gasteiger partial charge is 0.330 e. The number of H-pyrrole nitrogens is 1. The van der Waals surface area contributed by atoms with Crippen LogP contribution in [0.5, 0.6) is 0 Å². The summed E-state index contributed by atoms with van der Waals surface area (Å²) in [6, 6.07) is 6.03. The molecule has 0 fully saturated rings. The number of hydrogen-bond donors (Lipinski definition) is 2. The van der Waals surface area contributed by atoms with Crippen molar-refractivity contribution in [2.24, 2.45) is 5.73 Å². The van der Waals surface area contributed by atoms with Crippen LogP contribution in [0.1, 0.15) is 10.4 Å². The molecule has 0 bridgehead atoms. The third-order valence-electron chi connectivity index (χ3n) is 2.59. The molecule has 1 atom stereocenters. The van der Waals surface area contributed by atoms with Gasteiger partial charge in [0.25, 0.3) is 0 Å². The number of ether oxygens (including phenoxy) is 1.